The second-order valence-corrected chi connectivity index (χ2v) is 6.35. The molecule has 0 spiro atoms. The molecule has 124 valence electrons. The van der Waals surface area contributed by atoms with Crippen LogP contribution in [0.15, 0.2) is 42.0 Å². The maximum Gasteiger partial charge on any atom is 0.0606 e. The molecule has 0 amide bonds. The molecule has 0 aliphatic carbocycles. The Balaban J connectivity index is 1.88. The van der Waals surface area contributed by atoms with Gasteiger partial charge in [-0.25, -0.2) is 0 Å². The molecule has 1 aliphatic heterocycles. The molecule has 1 heterocycles. The molecule has 3 nitrogen and oxygen atoms in total. The van der Waals surface area contributed by atoms with E-state index in [-0.39, 0.29) is 6.61 Å². The molecule has 2 rings (SSSR count). The second-order valence-electron chi connectivity index (χ2n) is 6.35. The van der Waals surface area contributed by atoms with Crippen LogP contribution < -0.4 is 0 Å². The van der Waals surface area contributed by atoms with Crippen molar-refractivity contribution in [1.82, 2.24) is 9.80 Å². The fraction of sp³-hybridized carbons (Fsp3) is 0.500. The Kier molecular flexibility index (Phi) is 7.35. The largest absolute Gasteiger partial charge is 0.396 e. The predicted molar refractivity (Wildman–Crippen MR) is 96.3 cm³/mol. The Bertz CT molecular complexity index is 552. The number of hydrogen-bond donors (Lipinski definition) is 1. The van der Waals surface area contributed by atoms with E-state index in [9.17, 15) is 5.11 Å². The van der Waals surface area contributed by atoms with E-state index in [0.29, 0.717) is 6.04 Å². The third-order valence-electron chi connectivity index (χ3n) is 4.19. The molecule has 0 bridgehead atoms. The summed E-state index contributed by atoms with van der Waals surface area (Å²) >= 11 is 0. The standard InChI is InChI=1S/C20H28N2O/c1-18(2)10-13-22-15-14-21(17-20(22)11-16-23)12-6-9-19-7-4-3-5-8-19/h3-5,7-8,10,20,23H,11-17H2,1-2H3/t20-/m0/s1. The summed E-state index contributed by atoms with van der Waals surface area (Å²) in [5.74, 6) is 6.51. The Hall–Kier alpha value is -1.60. The van der Waals surface area contributed by atoms with E-state index in [1.54, 1.807) is 0 Å². The van der Waals surface area contributed by atoms with Crippen LogP contribution in [0.1, 0.15) is 25.8 Å². The van der Waals surface area contributed by atoms with Crippen molar-refractivity contribution in [3.8, 4) is 11.8 Å². The van der Waals surface area contributed by atoms with Crippen LogP contribution in [0.25, 0.3) is 0 Å². The van der Waals surface area contributed by atoms with Crippen molar-refractivity contribution in [2.75, 3.05) is 39.3 Å². The van der Waals surface area contributed by atoms with Gasteiger partial charge >= 0.3 is 0 Å². The van der Waals surface area contributed by atoms with Gasteiger partial charge < -0.3 is 5.11 Å². The molecule has 1 atom stereocenters. The zero-order chi connectivity index (χ0) is 16.5. The molecule has 1 aromatic rings. The van der Waals surface area contributed by atoms with Gasteiger partial charge in [-0.15, -0.1) is 0 Å². The molecule has 0 radical (unpaired) electrons. The zero-order valence-electron chi connectivity index (χ0n) is 14.3. The number of aliphatic hydroxyl groups excluding tert-OH is 1. The summed E-state index contributed by atoms with van der Waals surface area (Å²) in [6, 6.07) is 10.5. The van der Waals surface area contributed by atoms with E-state index < -0.39 is 0 Å². The lowest BCUT2D eigenvalue weighted by Crippen LogP contribution is -2.53. The summed E-state index contributed by atoms with van der Waals surface area (Å²) in [6.07, 6.45) is 3.11. The summed E-state index contributed by atoms with van der Waals surface area (Å²) in [5.41, 5.74) is 2.42. The van der Waals surface area contributed by atoms with Crippen molar-refractivity contribution < 1.29 is 5.11 Å². The molecule has 23 heavy (non-hydrogen) atoms. The first-order valence-electron chi connectivity index (χ1n) is 8.43. The Morgan fingerprint density at radius 2 is 2.04 bits per heavy atom. The molecular formula is C20H28N2O. The van der Waals surface area contributed by atoms with Crippen LogP contribution in [0, 0.1) is 11.8 Å². The number of rotatable bonds is 5. The molecule has 1 saturated heterocycles. The highest BCUT2D eigenvalue weighted by atomic mass is 16.3. The van der Waals surface area contributed by atoms with E-state index in [1.807, 2.05) is 30.3 Å². The highest BCUT2D eigenvalue weighted by Gasteiger charge is 2.25. The van der Waals surface area contributed by atoms with E-state index >= 15 is 0 Å². The third kappa shape index (κ3) is 6.19. The number of benzene rings is 1. The Morgan fingerprint density at radius 3 is 2.74 bits per heavy atom. The van der Waals surface area contributed by atoms with Crippen LogP contribution in [0.4, 0.5) is 0 Å². The SMILES string of the molecule is CC(C)=CCN1CCN(CC#Cc2ccccc2)C[C@@H]1CCO. The lowest BCUT2D eigenvalue weighted by atomic mass is 10.1. The average Bonchev–Trinajstić information content (AvgIpc) is 2.55. The maximum absolute atomic E-state index is 9.34. The van der Waals surface area contributed by atoms with Crippen LogP contribution in [0.2, 0.25) is 0 Å². The second kappa shape index (κ2) is 9.52. The van der Waals surface area contributed by atoms with Gasteiger partial charge in [-0.3, -0.25) is 9.80 Å². The highest BCUT2D eigenvalue weighted by Crippen LogP contribution is 2.13. The summed E-state index contributed by atoms with van der Waals surface area (Å²) in [4.78, 5) is 4.87. The predicted octanol–water partition coefficient (Wildman–Crippen LogP) is 2.37. The average molecular weight is 312 g/mol. The van der Waals surface area contributed by atoms with Crippen LogP contribution in [-0.4, -0.2) is 60.3 Å². The van der Waals surface area contributed by atoms with E-state index in [0.717, 1.165) is 44.7 Å². The molecule has 1 N–H and O–H groups in total. The molecule has 1 fully saturated rings. The van der Waals surface area contributed by atoms with Crippen LogP contribution in [-0.2, 0) is 0 Å². The number of piperazine rings is 1. The molecule has 3 heteroatoms. The van der Waals surface area contributed by atoms with Crippen molar-refractivity contribution in [3.63, 3.8) is 0 Å². The highest BCUT2D eigenvalue weighted by molar-refractivity contribution is 5.33. The summed E-state index contributed by atoms with van der Waals surface area (Å²) in [6.45, 7) is 9.38. The topological polar surface area (TPSA) is 26.7 Å². The fourth-order valence-electron chi connectivity index (χ4n) is 2.84. The molecule has 0 aromatic heterocycles. The number of nitrogens with zero attached hydrogens (tertiary/aromatic N) is 2. The lowest BCUT2D eigenvalue weighted by molar-refractivity contribution is 0.0753. The normalized spacial score (nSPS) is 19.0. The molecule has 1 aliphatic rings. The van der Waals surface area contributed by atoms with Gasteiger partial charge in [0.15, 0.2) is 0 Å². The van der Waals surface area contributed by atoms with Crippen molar-refractivity contribution in [1.29, 1.82) is 0 Å². The summed E-state index contributed by atoms with van der Waals surface area (Å²) < 4.78 is 0. The van der Waals surface area contributed by atoms with E-state index in [1.165, 1.54) is 5.57 Å². The first kappa shape index (κ1) is 17.7. The van der Waals surface area contributed by atoms with Crippen LogP contribution >= 0.6 is 0 Å². The Morgan fingerprint density at radius 1 is 1.26 bits per heavy atom. The minimum atomic E-state index is 0.250. The van der Waals surface area contributed by atoms with Crippen molar-refractivity contribution in [3.05, 3.63) is 47.5 Å². The summed E-state index contributed by atoms with van der Waals surface area (Å²) in [7, 11) is 0. The van der Waals surface area contributed by atoms with Crippen LogP contribution in [0.3, 0.4) is 0 Å². The monoisotopic (exact) mass is 312 g/mol. The Labute approximate surface area is 140 Å². The minimum Gasteiger partial charge on any atom is -0.396 e. The third-order valence-corrected chi connectivity index (χ3v) is 4.19. The van der Waals surface area contributed by atoms with Crippen molar-refractivity contribution >= 4 is 0 Å². The zero-order valence-corrected chi connectivity index (χ0v) is 14.3. The van der Waals surface area contributed by atoms with Gasteiger partial charge in [-0.1, -0.05) is 41.7 Å². The number of hydrogen-bond acceptors (Lipinski definition) is 3. The van der Waals surface area contributed by atoms with Gasteiger partial charge in [-0.05, 0) is 32.4 Å². The molecule has 0 unspecified atom stereocenters. The van der Waals surface area contributed by atoms with Gasteiger partial charge in [-0.2, -0.15) is 0 Å². The smallest absolute Gasteiger partial charge is 0.0606 e. The first-order valence-corrected chi connectivity index (χ1v) is 8.43. The van der Waals surface area contributed by atoms with E-state index in [4.69, 9.17) is 0 Å². The van der Waals surface area contributed by atoms with Gasteiger partial charge in [0.1, 0.15) is 0 Å². The van der Waals surface area contributed by atoms with E-state index in [2.05, 4.69) is 41.6 Å². The van der Waals surface area contributed by atoms with Crippen molar-refractivity contribution in [2.24, 2.45) is 0 Å². The molecular weight excluding hydrogens is 284 g/mol. The quantitative estimate of drug-likeness (QED) is 0.668. The first-order chi connectivity index (χ1) is 11.2. The van der Waals surface area contributed by atoms with Gasteiger partial charge in [0.2, 0.25) is 0 Å². The molecule has 1 aromatic carbocycles. The maximum atomic E-state index is 9.34. The summed E-state index contributed by atoms with van der Waals surface area (Å²) in [5, 5.41) is 9.34. The lowest BCUT2D eigenvalue weighted by Gasteiger charge is -2.40. The van der Waals surface area contributed by atoms with Gasteiger partial charge in [0.05, 0.1) is 6.54 Å². The van der Waals surface area contributed by atoms with Gasteiger partial charge in [0.25, 0.3) is 0 Å². The fourth-order valence-corrected chi connectivity index (χ4v) is 2.84. The van der Waals surface area contributed by atoms with Crippen LogP contribution in [0.5, 0.6) is 0 Å². The van der Waals surface area contributed by atoms with Gasteiger partial charge in [0, 0.05) is 44.4 Å². The van der Waals surface area contributed by atoms with Crippen molar-refractivity contribution in [2.45, 2.75) is 26.3 Å². The minimum absolute atomic E-state index is 0.250. The molecule has 0 saturated carbocycles. The number of aliphatic hydroxyl groups is 1. The number of allylic oxidation sites excluding steroid dienone is 1.